The first kappa shape index (κ1) is 17.5. The summed E-state index contributed by atoms with van der Waals surface area (Å²) < 4.78 is 2.34. The second kappa shape index (κ2) is 6.09. The first-order valence-corrected chi connectivity index (χ1v) is 11.6. The molecule has 0 fully saturated rings. The highest BCUT2D eigenvalue weighted by Crippen LogP contribution is 2.53. The van der Waals surface area contributed by atoms with Gasteiger partial charge in [-0.3, -0.25) is 0 Å². The summed E-state index contributed by atoms with van der Waals surface area (Å²) >= 11 is 2.02. The number of nitrogens with zero attached hydrogens (tertiary/aromatic N) is 1. The van der Waals surface area contributed by atoms with Crippen molar-refractivity contribution in [1.82, 2.24) is 0 Å². The normalized spacial score (nSPS) is 14.7. The summed E-state index contributed by atoms with van der Waals surface area (Å²) in [5, 5.41) is 5.80. The lowest BCUT2D eigenvalue weighted by molar-refractivity contribution is -0.659. The summed E-state index contributed by atoms with van der Waals surface area (Å²) in [7, 11) is 2.21. The average Bonchev–Trinajstić information content (AvgIpc) is 2.73. The lowest BCUT2D eigenvalue weighted by Crippen LogP contribution is -2.32. The lowest BCUT2D eigenvalue weighted by atomic mass is 9.83. The number of rotatable bonds is 1. The fourth-order valence-corrected chi connectivity index (χ4v) is 6.86. The Morgan fingerprint density at radius 2 is 1.90 bits per heavy atom. The monoisotopic (exact) mass is 396 g/mol. The van der Waals surface area contributed by atoms with Crippen LogP contribution in [0.25, 0.3) is 32.8 Å². The third kappa shape index (κ3) is 2.33. The van der Waals surface area contributed by atoms with Gasteiger partial charge in [0.1, 0.15) is 7.05 Å². The molecule has 2 aliphatic rings. The Kier molecular flexibility index (Phi) is 3.68. The first-order valence-electron chi connectivity index (χ1n) is 10.8. The summed E-state index contributed by atoms with van der Waals surface area (Å²) in [6.07, 6.45) is 5.92. The van der Waals surface area contributed by atoms with Crippen molar-refractivity contribution < 1.29 is 4.57 Å². The van der Waals surface area contributed by atoms with Crippen molar-refractivity contribution in [3.8, 4) is 11.3 Å². The van der Waals surface area contributed by atoms with E-state index in [9.17, 15) is 0 Å². The number of hydrogen-bond acceptors (Lipinski definition) is 1. The molecule has 144 valence electrons. The number of aromatic nitrogens is 1. The van der Waals surface area contributed by atoms with Crippen LogP contribution >= 0.6 is 11.8 Å². The largest absolute Gasteiger partial charge is 0.222 e. The number of aryl methyl sites for hydroxylation is 4. The van der Waals surface area contributed by atoms with E-state index in [0.29, 0.717) is 5.92 Å². The Hall–Kier alpha value is -2.32. The van der Waals surface area contributed by atoms with Crippen LogP contribution in [-0.2, 0) is 19.9 Å². The van der Waals surface area contributed by atoms with Gasteiger partial charge in [-0.15, -0.1) is 0 Å². The molecule has 3 aromatic carbocycles. The summed E-state index contributed by atoms with van der Waals surface area (Å²) in [6.45, 7) is 6.93. The molecule has 1 aliphatic heterocycles. The number of hydrogen-bond donors (Lipinski definition) is 0. The third-order valence-electron chi connectivity index (χ3n) is 6.94. The standard InChI is InChI=1S/C27H26NS/c1-15(2)19-13-18-11-12-28(4)26-23-16(3)20-9-5-7-17-8-6-10-21(24(17)20)27(23)29-22(14-19)25(18)26/h5,7,9,11-15H,6,8,10H2,1-4H3/q+1. The molecular weight excluding hydrogens is 370 g/mol. The second-order valence-electron chi connectivity index (χ2n) is 9.02. The molecule has 0 spiro atoms. The van der Waals surface area contributed by atoms with Crippen LogP contribution in [0, 0.1) is 6.92 Å². The van der Waals surface area contributed by atoms with Crippen LogP contribution < -0.4 is 4.57 Å². The molecule has 0 unspecified atom stereocenters. The van der Waals surface area contributed by atoms with Gasteiger partial charge < -0.3 is 0 Å². The summed E-state index contributed by atoms with van der Waals surface area (Å²) in [6, 6.07) is 14.1. The van der Waals surface area contributed by atoms with Gasteiger partial charge in [0.2, 0.25) is 5.69 Å². The molecule has 29 heavy (non-hydrogen) atoms. The minimum atomic E-state index is 0.540. The molecule has 4 aromatic rings. The van der Waals surface area contributed by atoms with Crippen LogP contribution in [0.5, 0.6) is 0 Å². The molecule has 0 amide bonds. The van der Waals surface area contributed by atoms with Crippen molar-refractivity contribution in [1.29, 1.82) is 0 Å². The van der Waals surface area contributed by atoms with E-state index in [1.807, 2.05) is 11.8 Å². The maximum Gasteiger partial charge on any atom is 0.222 e. The molecule has 0 saturated heterocycles. The number of fused-ring (bicyclic) bond motifs is 3. The smallest absolute Gasteiger partial charge is 0.200 e. The molecule has 0 radical (unpaired) electrons. The van der Waals surface area contributed by atoms with Gasteiger partial charge in [0.25, 0.3) is 0 Å². The number of benzene rings is 3. The highest BCUT2D eigenvalue weighted by atomic mass is 32.2. The van der Waals surface area contributed by atoms with Gasteiger partial charge in [-0.25, -0.2) is 4.57 Å². The van der Waals surface area contributed by atoms with Crippen molar-refractivity contribution in [3.63, 3.8) is 0 Å². The minimum Gasteiger partial charge on any atom is -0.200 e. The SMILES string of the molecule is Cc1c2c(c3c4c(cccc14)CCC3)Sc1cc(C(C)C)cc3cc[n+](C)c-2c13. The molecule has 1 nitrogen and oxygen atoms in total. The second-order valence-corrected chi connectivity index (χ2v) is 10.1. The predicted octanol–water partition coefficient (Wildman–Crippen LogP) is 6.87. The fourth-order valence-electron chi connectivity index (χ4n) is 5.45. The van der Waals surface area contributed by atoms with E-state index in [0.717, 1.165) is 0 Å². The highest BCUT2D eigenvalue weighted by Gasteiger charge is 2.33. The van der Waals surface area contributed by atoms with Gasteiger partial charge in [0, 0.05) is 15.9 Å². The van der Waals surface area contributed by atoms with E-state index in [4.69, 9.17) is 0 Å². The maximum atomic E-state index is 2.45. The van der Waals surface area contributed by atoms with E-state index in [-0.39, 0.29) is 0 Å². The summed E-state index contributed by atoms with van der Waals surface area (Å²) in [5.41, 5.74) is 8.87. The molecule has 0 atom stereocenters. The zero-order chi connectivity index (χ0) is 19.9. The average molecular weight is 397 g/mol. The Bertz CT molecular complexity index is 1350. The minimum absolute atomic E-state index is 0.540. The molecule has 0 N–H and O–H groups in total. The van der Waals surface area contributed by atoms with Gasteiger partial charge in [0.05, 0.1) is 10.9 Å². The van der Waals surface area contributed by atoms with E-state index in [1.165, 1.54) is 67.6 Å². The van der Waals surface area contributed by atoms with Crippen LogP contribution in [0.3, 0.4) is 0 Å². The van der Waals surface area contributed by atoms with Crippen molar-refractivity contribution in [2.45, 2.75) is 55.7 Å². The van der Waals surface area contributed by atoms with Crippen LogP contribution in [0.2, 0.25) is 0 Å². The molecule has 2 heterocycles. The summed E-state index contributed by atoms with van der Waals surface area (Å²) in [4.78, 5) is 2.95. The Labute approximate surface area is 176 Å². The Balaban J connectivity index is 1.81. The van der Waals surface area contributed by atoms with E-state index in [1.54, 1.807) is 16.5 Å². The van der Waals surface area contributed by atoms with Gasteiger partial charge >= 0.3 is 0 Å². The topological polar surface area (TPSA) is 3.88 Å². The molecular formula is C27H26NS+. The van der Waals surface area contributed by atoms with Gasteiger partial charge in [-0.1, -0.05) is 49.9 Å². The molecule has 0 bridgehead atoms. The maximum absolute atomic E-state index is 2.45. The summed E-state index contributed by atoms with van der Waals surface area (Å²) in [5.74, 6) is 0.540. The quantitative estimate of drug-likeness (QED) is 0.280. The van der Waals surface area contributed by atoms with Crippen molar-refractivity contribution in [3.05, 3.63) is 64.8 Å². The molecule has 2 heteroatoms. The Morgan fingerprint density at radius 1 is 1.03 bits per heavy atom. The van der Waals surface area contributed by atoms with E-state index >= 15 is 0 Å². The van der Waals surface area contributed by atoms with Crippen LogP contribution in [0.1, 0.15) is 48.4 Å². The van der Waals surface area contributed by atoms with E-state index < -0.39 is 0 Å². The zero-order valence-corrected chi connectivity index (χ0v) is 18.4. The predicted molar refractivity (Wildman–Crippen MR) is 123 cm³/mol. The third-order valence-corrected chi connectivity index (χ3v) is 8.14. The fraction of sp³-hybridized carbons (Fsp3) is 0.296. The van der Waals surface area contributed by atoms with Crippen LogP contribution in [0.4, 0.5) is 0 Å². The zero-order valence-electron chi connectivity index (χ0n) is 17.6. The van der Waals surface area contributed by atoms with Gasteiger partial charge in [0.15, 0.2) is 6.20 Å². The number of pyridine rings is 1. The first-order chi connectivity index (χ1) is 14.0. The van der Waals surface area contributed by atoms with Crippen molar-refractivity contribution in [2.75, 3.05) is 0 Å². The lowest BCUT2D eigenvalue weighted by Gasteiger charge is -2.28. The van der Waals surface area contributed by atoms with Gasteiger partial charge in [-0.2, -0.15) is 0 Å². The van der Waals surface area contributed by atoms with Gasteiger partial charge in [-0.05, 0) is 76.6 Å². The molecule has 1 aromatic heterocycles. The van der Waals surface area contributed by atoms with Crippen LogP contribution in [-0.4, -0.2) is 0 Å². The van der Waals surface area contributed by atoms with Crippen molar-refractivity contribution >= 4 is 33.3 Å². The molecule has 1 aliphatic carbocycles. The Morgan fingerprint density at radius 3 is 2.72 bits per heavy atom. The molecule has 6 rings (SSSR count). The highest BCUT2D eigenvalue weighted by molar-refractivity contribution is 7.99. The van der Waals surface area contributed by atoms with E-state index in [2.05, 4.69) is 75.0 Å². The molecule has 0 saturated carbocycles. The van der Waals surface area contributed by atoms with Crippen LogP contribution in [0.15, 0.2) is 52.4 Å². The van der Waals surface area contributed by atoms with Crippen molar-refractivity contribution in [2.24, 2.45) is 7.05 Å².